The molecule has 0 spiro atoms. The summed E-state index contributed by atoms with van der Waals surface area (Å²) in [5, 5.41) is 9.28. The van der Waals surface area contributed by atoms with Crippen molar-refractivity contribution in [1.82, 2.24) is 4.90 Å². The summed E-state index contributed by atoms with van der Waals surface area (Å²) < 4.78 is 0. The molecule has 19 heavy (non-hydrogen) atoms. The van der Waals surface area contributed by atoms with Gasteiger partial charge in [-0.05, 0) is 44.2 Å². The highest BCUT2D eigenvalue weighted by molar-refractivity contribution is 5.81. The van der Waals surface area contributed by atoms with E-state index in [0.717, 1.165) is 37.1 Å². The standard InChI is InChI=1S/C16H20N2O/c1-12-5-6-13(2)14(9-12)10-15(11-17)16(19)18-7-3-4-8-18/h5-6,9,15H,3-4,7-8,10H2,1-2H3. The number of nitriles is 1. The van der Waals surface area contributed by atoms with Crippen molar-refractivity contribution in [2.75, 3.05) is 13.1 Å². The fraction of sp³-hybridized carbons (Fsp3) is 0.500. The van der Waals surface area contributed by atoms with Gasteiger partial charge in [0.05, 0.1) is 6.07 Å². The Labute approximate surface area is 114 Å². The van der Waals surface area contributed by atoms with Gasteiger partial charge in [0, 0.05) is 13.1 Å². The van der Waals surface area contributed by atoms with Crippen LogP contribution in [0.5, 0.6) is 0 Å². The van der Waals surface area contributed by atoms with Crippen LogP contribution in [-0.2, 0) is 11.2 Å². The number of benzene rings is 1. The van der Waals surface area contributed by atoms with E-state index in [0.29, 0.717) is 6.42 Å². The van der Waals surface area contributed by atoms with Gasteiger partial charge in [-0.1, -0.05) is 23.8 Å². The summed E-state index contributed by atoms with van der Waals surface area (Å²) in [5.41, 5.74) is 3.44. The molecule has 3 nitrogen and oxygen atoms in total. The van der Waals surface area contributed by atoms with Crippen LogP contribution in [0.3, 0.4) is 0 Å². The van der Waals surface area contributed by atoms with E-state index < -0.39 is 5.92 Å². The first-order valence-electron chi connectivity index (χ1n) is 6.86. The third-order valence-corrected chi connectivity index (χ3v) is 3.80. The topological polar surface area (TPSA) is 44.1 Å². The molecule has 1 heterocycles. The van der Waals surface area contributed by atoms with E-state index in [1.165, 1.54) is 5.56 Å². The Kier molecular flexibility index (Phi) is 4.21. The molecular formula is C16H20N2O. The van der Waals surface area contributed by atoms with Gasteiger partial charge in [0.1, 0.15) is 5.92 Å². The summed E-state index contributed by atoms with van der Waals surface area (Å²) in [6.07, 6.45) is 2.65. The predicted molar refractivity (Wildman–Crippen MR) is 74.5 cm³/mol. The number of hydrogen-bond donors (Lipinski definition) is 0. The Balaban J connectivity index is 2.12. The van der Waals surface area contributed by atoms with Crippen LogP contribution in [0.25, 0.3) is 0 Å². The fourth-order valence-corrected chi connectivity index (χ4v) is 2.59. The van der Waals surface area contributed by atoms with Crippen LogP contribution in [0.4, 0.5) is 0 Å². The molecule has 0 N–H and O–H groups in total. The van der Waals surface area contributed by atoms with Crippen LogP contribution in [0, 0.1) is 31.1 Å². The monoisotopic (exact) mass is 256 g/mol. The van der Waals surface area contributed by atoms with Crippen LogP contribution in [0.15, 0.2) is 18.2 Å². The van der Waals surface area contributed by atoms with Gasteiger partial charge in [-0.15, -0.1) is 0 Å². The number of rotatable bonds is 3. The Morgan fingerprint density at radius 1 is 1.37 bits per heavy atom. The van der Waals surface area contributed by atoms with E-state index in [-0.39, 0.29) is 5.91 Å². The molecule has 0 radical (unpaired) electrons. The molecule has 1 aliphatic heterocycles. The predicted octanol–water partition coefficient (Wildman–Crippen LogP) is 2.61. The second kappa shape index (κ2) is 5.88. The Hall–Kier alpha value is -1.82. The molecule has 3 heteroatoms. The second-order valence-electron chi connectivity index (χ2n) is 5.35. The number of likely N-dealkylation sites (tertiary alicyclic amines) is 1. The van der Waals surface area contributed by atoms with E-state index in [2.05, 4.69) is 24.3 Å². The third kappa shape index (κ3) is 3.14. The van der Waals surface area contributed by atoms with Crippen LogP contribution >= 0.6 is 0 Å². The average Bonchev–Trinajstić information content (AvgIpc) is 2.93. The molecule has 2 rings (SSSR count). The molecule has 0 aromatic heterocycles. The molecule has 1 amide bonds. The van der Waals surface area contributed by atoms with Crippen molar-refractivity contribution in [2.45, 2.75) is 33.1 Å². The summed E-state index contributed by atoms with van der Waals surface area (Å²) in [6.45, 7) is 5.68. The summed E-state index contributed by atoms with van der Waals surface area (Å²) >= 11 is 0. The number of aryl methyl sites for hydroxylation is 2. The van der Waals surface area contributed by atoms with Crippen LogP contribution in [0.1, 0.15) is 29.5 Å². The maximum Gasteiger partial charge on any atom is 0.240 e. The molecule has 1 aliphatic rings. The van der Waals surface area contributed by atoms with Crippen molar-refractivity contribution in [1.29, 1.82) is 5.26 Å². The van der Waals surface area contributed by atoms with Gasteiger partial charge in [0.2, 0.25) is 5.91 Å². The molecule has 1 aromatic rings. The molecule has 1 saturated heterocycles. The van der Waals surface area contributed by atoms with Gasteiger partial charge in [-0.3, -0.25) is 4.79 Å². The van der Waals surface area contributed by atoms with Crippen molar-refractivity contribution in [2.24, 2.45) is 5.92 Å². The minimum atomic E-state index is -0.543. The second-order valence-corrected chi connectivity index (χ2v) is 5.35. The van der Waals surface area contributed by atoms with Crippen molar-refractivity contribution >= 4 is 5.91 Å². The Morgan fingerprint density at radius 3 is 2.68 bits per heavy atom. The Bertz CT molecular complexity index is 510. The van der Waals surface area contributed by atoms with E-state index in [9.17, 15) is 10.1 Å². The highest BCUT2D eigenvalue weighted by atomic mass is 16.2. The van der Waals surface area contributed by atoms with Gasteiger partial charge in [-0.25, -0.2) is 0 Å². The largest absolute Gasteiger partial charge is 0.342 e. The number of nitrogens with zero attached hydrogens (tertiary/aromatic N) is 2. The van der Waals surface area contributed by atoms with Crippen molar-refractivity contribution in [3.63, 3.8) is 0 Å². The maximum absolute atomic E-state index is 12.3. The van der Waals surface area contributed by atoms with Gasteiger partial charge in [0.15, 0.2) is 0 Å². The summed E-state index contributed by atoms with van der Waals surface area (Å²) in [5.74, 6) is -0.542. The molecular weight excluding hydrogens is 236 g/mol. The van der Waals surface area contributed by atoms with Crippen LogP contribution < -0.4 is 0 Å². The van der Waals surface area contributed by atoms with E-state index in [4.69, 9.17) is 0 Å². The van der Waals surface area contributed by atoms with Crippen molar-refractivity contribution in [3.05, 3.63) is 34.9 Å². The van der Waals surface area contributed by atoms with Crippen LogP contribution in [-0.4, -0.2) is 23.9 Å². The molecule has 1 unspecified atom stereocenters. The van der Waals surface area contributed by atoms with Gasteiger partial charge in [-0.2, -0.15) is 5.26 Å². The number of amides is 1. The molecule has 0 saturated carbocycles. The van der Waals surface area contributed by atoms with Gasteiger partial charge in [0.25, 0.3) is 0 Å². The molecule has 0 bridgehead atoms. The molecule has 1 atom stereocenters. The van der Waals surface area contributed by atoms with Gasteiger partial charge >= 0.3 is 0 Å². The van der Waals surface area contributed by atoms with Crippen molar-refractivity contribution < 1.29 is 4.79 Å². The summed E-state index contributed by atoms with van der Waals surface area (Å²) in [6, 6.07) is 8.38. The zero-order chi connectivity index (χ0) is 13.8. The summed E-state index contributed by atoms with van der Waals surface area (Å²) in [7, 11) is 0. The van der Waals surface area contributed by atoms with E-state index >= 15 is 0 Å². The van der Waals surface area contributed by atoms with Crippen molar-refractivity contribution in [3.8, 4) is 6.07 Å². The number of carbonyl (C=O) groups is 1. The fourth-order valence-electron chi connectivity index (χ4n) is 2.59. The maximum atomic E-state index is 12.3. The first-order valence-corrected chi connectivity index (χ1v) is 6.86. The lowest BCUT2D eigenvalue weighted by Crippen LogP contribution is -2.34. The summed E-state index contributed by atoms with van der Waals surface area (Å²) in [4.78, 5) is 14.1. The third-order valence-electron chi connectivity index (χ3n) is 3.80. The first kappa shape index (κ1) is 13.6. The first-order chi connectivity index (χ1) is 9.11. The minimum Gasteiger partial charge on any atom is -0.342 e. The molecule has 1 aromatic carbocycles. The molecule has 1 fully saturated rings. The van der Waals surface area contributed by atoms with E-state index in [1.807, 2.05) is 18.7 Å². The normalized spacial score (nSPS) is 16.2. The minimum absolute atomic E-state index is 0.000839. The van der Waals surface area contributed by atoms with E-state index in [1.54, 1.807) is 0 Å². The number of carbonyl (C=O) groups excluding carboxylic acids is 1. The lowest BCUT2D eigenvalue weighted by atomic mass is 9.94. The SMILES string of the molecule is Cc1ccc(C)c(CC(C#N)C(=O)N2CCCC2)c1. The zero-order valence-electron chi connectivity index (χ0n) is 11.6. The lowest BCUT2D eigenvalue weighted by molar-refractivity contribution is -0.132. The smallest absolute Gasteiger partial charge is 0.240 e. The lowest BCUT2D eigenvalue weighted by Gasteiger charge is -2.19. The molecule has 100 valence electrons. The highest BCUT2D eigenvalue weighted by Gasteiger charge is 2.26. The van der Waals surface area contributed by atoms with Gasteiger partial charge < -0.3 is 4.90 Å². The quantitative estimate of drug-likeness (QED) is 0.834. The number of hydrogen-bond acceptors (Lipinski definition) is 2. The zero-order valence-corrected chi connectivity index (χ0v) is 11.6. The Morgan fingerprint density at radius 2 is 2.05 bits per heavy atom. The highest BCUT2D eigenvalue weighted by Crippen LogP contribution is 2.19. The molecule has 0 aliphatic carbocycles. The van der Waals surface area contributed by atoms with Crippen LogP contribution in [0.2, 0.25) is 0 Å². The average molecular weight is 256 g/mol.